The van der Waals surface area contributed by atoms with Crippen LogP contribution in [0.4, 0.5) is 0 Å². The van der Waals surface area contributed by atoms with Gasteiger partial charge in [-0.15, -0.1) is 11.3 Å². The second-order valence-electron chi connectivity index (χ2n) is 14.7. The molecule has 0 saturated carbocycles. The van der Waals surface area contributed by atoms with Gasteiger partial charge < -0.3 is 0 Å². The van der Waals surface area contributed by atoms with Gasteiger partial charge in [0.1, 0.15) is 0 Å². The van der Waals surface area contributed by atoms with Crippen molar-refractivity contribution in [3.8, 4) is 33.4 Å². The van der Waals surface area contributed by atoms with Crippen molar-refractivity contribution in [3.05, 3.63) is 194 Å². The predicted molar refractivity (Wildman–Crippen MR) is 241 cm³/mol. The van der Waals surface area contributed by atoms with Crippen molar-refractivity contribution in [1.29, 1.82) is 0 Å². The van der Waals surface area contributed by atoms with Crippen molar-refractivity contribution in [2.24, 2.45) is 0 Å². The maximum Gasteiger partial charge on any atom is 0.0440 e. The average molecular weight is 713 g/mol. The van der Waals surface area contributed by atoms with E-state index < -0.39 is 0 Å². The van der Waals surface area contributed by atoms with Crippen LogP contribution in [-0.2, 0) is 0 Å². The second kappa shape index (κ2) is 11.9. The largest absolute Gasteiger partial charge is 0.134 e. The lowest BCUT2D eigenvalue weighted by atomic mass is 9.84. The van der Waals surface area contributed by atoms with Gasteiger partial charge in [-0.25, -0.2) is 0 Å². The van der Waals surface area contributed by atoms with Crippen LogP contribution < -0.4 is 0 Å². The predicted octanol–water partition coefficient (Wildman–Crippen LogP) is 16.0. The van der Waals surface area contributed by atoms with Gasteiger partial charge in [-0.3, -0.25) is 0 Å². The zero-order valence-electron chi connectivity index (χ0n) is 29.9. The lowest BCUT2D eigenvalue weighted by molar-refractivity contribution is 1.63. The highest BCUT2D eigenvalue weighted by Crippen LogP contribution is 2.48. The molecule has 0 fully saturated rings. The smallest absolute Gasteiger partial charge is 0.0440 e. The Hall–Kier alpha value is -6.80. The Morgan fingerprint density at radius 1 is 0.273 bits per heavy atom. The molecular weight excluding hydrogens is 681 g/mol. The Balaban J connectivity index is 1.04. The Kier molecular flexibility index (Phi) is 6.60. The van der Waals surface area contributed by atoms with E-state index in [1.807, 2.05) is 11.3 Å². The Bertz CT molecular complexity index is 3470. The first-order valence-electron chi connectivity index (χ1n) is 19.0. The lowest BCUT2D eigenvalue weighted by Crippen LogP contribution is -1.91. The fourth-order valence-electron chi connectivity index (χ4n) is 9.40. The minimum absolute atomic E-state index is 1.22. The van der Waals surface area contributed by atoms with Gasteiger partial charge in [-0.2, -0.15) is 0 Å². The van der Waals surface area contributed by atoms with Crippen molar-refractivity contribution >= 4 is 96.1 Å². The summed E-state index contributed by atoms with van der Waals surface area (Å²) in [5.74, 6) is 0. The molecule has 0 nitrogen and oxygen atoms in total. The number of rotatable bonds is 3. The third-order valence-corrected chi connectivity index (χ3v) is 13.0. The summed E-state index contributed by atoms with van der Waals surface area (Å²) in [4.78, 5) is 0. The van der Waals surface area contributed by atoms with E-state index in [0.717, 1.165) is 0 Å². The van der Waals surface area contributed by atoms with Crippen LogP contribution in [0.25, 0.3) is 118 Å². The molecule has 1 heteroatoms. The van der Waals surface area contributed by atoms with Gasteiger partial charge in [0.05, 0.1) is 0 Å². The SMILES string of the molecule is c1ccc2c(-c3c4ccccc4c(-c4ccc(-c5ccc6c(c5)c5ccccc5c5c6sc6ccc7ccccc7c65)cc4)c4ccccc34)cccc2c1. The van der Waals surface area contributed by atoms with E-state index in [0.29, 0.717) is 0 Å². The van der Waals surface area contributed by atoms with Crippen LogP contribution in [0.1, 0.15) is 0 Å². The topological polar surface area (TPSA) is 0 Å². The lowest BCUT2D eigenvalue weighted by Gasteiger charge is -2.19. The van der Waals surface area contributed by atoms with Gasteiger partial charge in [0.15, 0.2) is 0 Å². The molecule has 11 aromatic carbocycles. The van der Waals surface area contributed by atoms with Crippen molar-refractivity contribution in [3.63, 3.8) is 0 Å². The average Bonchev–Trinajstić information content (AvgIpc) is 3.66. The molecule has 1 aromatic heterocycles. The van der Waals surface area contributed by atoms with Crippen LogP contribution in [0.5, 0.6) is 0 Å². The van der Waals surface area contributed by atoms with Crippen LogP contribution in [0.2, 0.25) is 0 Å². The van der Waals surface area contributed by atoms with Gasteiger partial charge in [-0.05, 0) is 105 Å². The normalized spacial score (nSPS) is 12.0. The molecule has 0 spiro atoms. The summed E-state index contributed by atoms with van der Waals surface area (Å²) in [7, 11) is 0. The minimum Gasteiger partial charge on any atom is -0.134 e. The molecule has 55 heavy (non-hydrogen) atoms. The minimum atomic E-state index is 1.22. The summed E-state index contributed by atoms with van der Waals surface area (Å²) in [6, 6.07) is 72.1. The first-order chi connectivity index (χ1) is 27.3. The number of benzene rings is 11. The van der Waals surface area contributed by atoms with Crippen LogP contribution >= 0.6 is 11.3 Å². The number of thiophene rings is 1. The highest BCUT2D eigenvalue weighted by atomic mass is 32.1. The molecule has 254 valence electrons. The molecule has 0 unspecified atom stereocenters. The van der Waals surface area contributed by atoms with Gasteiger partial charge in [0.25, 0.3) is 0 Å². The van der Waals surface area contributed by atoms with Crippen LogP contribution in [-0.4, -0.2) is 0 Å². The molecule has 0 saturated heterocycles. The maximum atomic E-state index is 2.42. The quantitative estimate of drug-likeness (QED) is 0.126. The third kappa shape index (κ3) is 4.51. The van der Waals surface area contributed by atoms with Crippen LogP contribution in [0.3, 0.4) is 0 Å². The highest BCUT2D eigenvalue weighted by molar-refractivity contribution is 7.27. The van der Waals surface area contributed by atoms with Gasteiger partial charge in [-0.1, -0.05) is 182 Å². The fraction of sp³-hybridized carbons (Fsp3) is 0. The molecule has 0 aliphatic heterocycles. The van der Waals surface area contributed by atoms with Gasteiger partial charge in [0, 0.05) is 25.6 Å². The van der Waals surface area contributed by atoms with E-state index in [9.17, 15) is 0 Å². The van der Waals surface area contributed by atoms with Crippen molar-refractivity contribution < 1.29 is 0 Å². The van der Waals surface area contributed by atoms with Crippen molar-refractivity contribution in [1.82, 2.24) is 0 Å². The zero-order chi connectivity index (χ0) is 36.0. The van der Waals surface area contributed by atoms with E-state index in [1.165, 1.54) is 118 Å². The Morgan fingerprint density at radius 2 is 0.800 bits per heavy atom. The summed E-state index contributed by atoms with van der Waals surface area (Å²) in [6.45, 7) is 0. The first kappa shape index (κ1) is 30.6. The summed E-state index contributed by atoms with van der Waals surface area (Å²) in [6.07, 6.45) is 0. The van der Waals surface area contributed by atoms with E-state index in [2.05, 4.69) is 194 Å². The molecule has 0 aliphatic carbocycles. The second-order valence-corrected chi connectivity index (χ2v) is 15.8. The number of hydrogen-bond acceptors (Lipinski definition) is 1. The van der Waals surface area contributed by atoms with Crippen molar-refractivity contribution in [2.75, 3.05) is 0 Å². The molecule has 0 amide bonds. The summed E-state index contributed by atoms with van der Waals surface area (Å²) in [5.41, 5.74) is 7.54. The van der Waals surface area contributed by atoms with E-state index >= 15 is 0 Å². The molecule has 0 bridgehead atoms. The maximum absolute atomic E-state index is 2.42. The molecule has 1 heterocycles. The number of hydrogen-bond donors (Lipinski definition) is 0. The highest BCUT2D eigenvalue weighted by Gasteiger charge is 2.19. The molecule has 12 aromatic rings. The molecule has 0 radical (unpaired) electrons. The van der Waals surface area contributed by atoms with Crippen molar-refractivity contribution in [2.45, 2.75) is 0 Å². The monoisotopic (exact) mass is 712 g/mol. The Labute approximate surface area is 322 Å². The molecule has 0 aliphatic rings. The third-order valence-electron chi connectivity index (χ3n) is 11.8. The van der Waals surface area contributed by atoms with Crippen LogP contribution in [0, 0.1) is 0 Å². The first-order valence-corrected chi connectivity index (χ1v) is 19.8. The van der Waals surface area contributed by atoms with Crippen LogP contribution in [0.15, 0.2) is 194 Å². The Morgan fingerprint density at radius 3 is 1.51 bits per heavy atom. The van der Waals surface area contributed by atoms with E-state index in [4.69, 9.17) is 0 Å². The standard InChI is InChI=1S/C54H32S/c1-3-15-38-34(12-1)14-11-23-41(38)51-45-21-9-7-19-43(45)50(44-20-8-10-22-46(44)51)36-26-24-33(25-27-36)37-28-30-47-48(32-37)40-17-5-6-18-42(40)53-52-39-16-4-2-13-35(39)29-31-49(52)55-54(47)53/h1-32H. The molecule has 0 N–H and O–H groups in total. The fourth-order valence-corrected chi connectivity index (χ4v) is 10.7. The van der Waals surface area contributed by atoms with Gasteiger partial charge in [0.2, 0.25) is 0 Å². The molecule has 0 atom stereocenters. The zero-order valence-corrected chi connectivity index (χ0v) is 30.7. The molecule has 12 rings (SSSR count). The summed E-state index contributed by atoms with van der Waals surface area (Å²) < 4.78 is 2.71. The van der Waals surface area contributed by atoms with E-state index in [1.54, 1.807) is 0 Å². The summed E-state index contributed by atoms with van der Waals surface area (Å²) >= 11 is 1.92. The number of fused-ring (bicyclic) bond motifs is 13. The van der Waals surface area contributed by atoms with E-state index in [-0.39, 0.29) is 0 Å². The summed E-state index contributed by atoms with van der Waals surface area (Å²) in [5, 5.41) is 18.3. The van der Waals surface area contributed by atoms with Gasteiger partial charge >= 0.3 is 0 Å². The molecular formula is C54H32S.